The van der Waals surface area contributed by atoms with Crippen molar-refractivity contribution in [3.05, 3.63) is 0 Å². The van der Waals surface area contributed by atoms with Crippen molar-refractivity contribution >= 4 is 0 Å². The summed E-state index contributed by atoms with van der Waals surface area (Å²) in [5.41, 5.74) is 5.58. The Morgan fingerprint density at radius 3 is 2.71 bits per heavy atom. The highest BCUT2D eigenvalue weighted by Gasteiger charge is 2.31. The van der Waals surface area contributed by atoms with E-state index >= 15 is 0 Å². The number of nitrogens with zero attached hydrogens (tertiary/aromatic N) is 1. The van der Waals surface area contributed by atoms with E-state index in [0.717, 1.165) is 24.3 Å². The van der Waals surface area contributed by atoms with Gasteiger partial charge >= 0.3 is 0 Å². The van der Waals surface area contributed by atoms with Gasteiger partial charge in [-0.15, -0.1) is 0 Å². The van der Waals surface area contributed by atoms with Gasteiger partial charge in [0.2, 0.25) is 0 Å². The van der Waals surface area contributed by atoms with E-state index < -0.39 is 0 Å². The fourth-order valence-corrected chi connectivity index (χ4v) is 3.84. The van der Waals surface area contributed by atoms with Crippen LogP contribution < -0.4 is 5.73 Å². The lowest BCUT2D eigenvalue weighted by Gasteiger charge is -2.42. The van der Waals surface area contributed by atoms with E-state index in [2.05, 4.69) is 11.8 Å². The fraction of sp³-hybridized carbons (Fsp3) is 1.00. The summed E-state index contributed by atoms with van der Waals surface area (Å²) in [6, 6.07) is 0. The molecule has 0 amide bonds. The average molecular weight is 238 g/mol. The normalized spacial score (nSPS) is 32.1. The second-order valence-electron chi connectivity index (χ2n) is 6.39. The predicted octanol–water partition coefficient (Wildman–Crippen LogP) is 2.87. The molecule has 2 N–H and O–H groups in total. The van der Waals surface area contributed by atoms with Gasteiger partial charge in [0.25, 0.3) is 0 Å². The average Bonchev–Trinajstić information content (AvgIpc) is 2.36. The third kappa shape index (κ3) is 3.96. The lowest BCUT2D eigenvalue weighted by Crippen LogP contribution is -2.43. The van der Waals surface area contributed by atoms with Crippen LogP contribution in [0.2, 0.25) is 0 Å². The van der Waals surface area contributed by atoms with E-state index in [9.17, 15) is 0 Å². The zero-order chi connectivity index (χ0) is 12.1. The largest absolute Gasteiger partial charge is 0.330 e. The highest BCUT2D eigenvalue weighted by Crippen LogP contribution is 2.36. The highest BCUT2D eigenvalue weighted by molar-refractivity contribution is 4.83. The zero-order valence-electron chi connectivity index (χ0n) is 11.5. The maximum atomic E-state index is 5.58. The van der Waals surface area contributed by atoms with Gasteiger partial charge in [0.05, 0.1) is 0 Å². The molecular formula is C15H30N2. The van der Waals surface area contributed by atoms with Crippen molar-refractivity contribution in [1.29, 1.82) is 0 Å². The van der Waals surface area contributed by atoms with Crippen LogP contribution in [-0.4, -0.2) is 31.1 Å². The molecule has 0 aromatic rings. The maximum absolute atomic E-state index is 5.58. The minimum atomic E-state index is 0.832. The van der Waals surface area contributed by atoms with Crippen molar-refractivity contribution in [3.63, 3.8) is 0 Å². The summed E-state index contributed by atoms with van der Waals surface area (Å²) >= 11 is 0. The monoisotopic (exact) mass is 238 g/mol. The Labute approximate surface area is 107 Å². The molecule has 100 valence electrons. The van der Waals surface area contributed by atoms with Crippen LogP contribution in [0.4, 0.5) is 0 Å². The van der Waals surface area contributed by atoms with E-state index in [1.807, 2.05) is 0 Å². The summed E-state index contributed by atoms with van der Waals surface area (Å²) in [4.78, 5) is 2.73. The second kappa shape index (κ2) is 6.75. The standard InChI is InChI=1S/C15H30N2/c1-13(5-4-9-16)11-17-10-8-14-6-2-3-7-15(14)12-17/h13-15H,2-12,16H2,1H3. The van der Waals surface area contributed by atoms with E-state index in [1.165, 1.54) is 64.6 Å². The summed E-state index contributed by atoms with van der Waals surface area (Å²) in [5.74, 6) is 2.93. The van der Waals surface area contributed by atoms with Crippen molar-refractivity contribution in [3.8, 4) is 0 Å². The molecule has 2 aliphatic rings. The minimum Gasteiger partial charge on any atom is -0.330 e. The summed E-state index contributed by atoms with van der Waals surface area (Å²) in [7, 11) is 0. The number of hydrogen-bond donors (Lipinski definition) is 1. The molecular weight excluding hydrogens is 208 g/mol. The van der Waals surface area contributed by atoms with Crippen molar-refractivity contribution in [1.82, 2.24) is 4.90 Å². The molecule has 0 bridgehead atoms. The second-order valence-corrected chi connectivity index (χ2v) is 6.39. The first-order valence-corrected chi connectivity index (χ1v) is 7.72. The molecule has 0 aromatic heterocycles. The van der Waals surface area contributed by atoms with Crippen LogP contribution in [0.5, 0.6) is 0 Å². The Hall–Kier alpha value is -0.0800. The summed E-state index contributed by atoms with van der Waals surface area (Å²) in [6.07, 6.45) is 9.96. The Morgan fingerprint density at radius 1 is 1.18 bits per heavy atom. The maximum Gasteiger partial charge on any atom is 0.00124 e. The van der Waals surface area contributed by atoms with E-state index in [4.69, 9.17) is 5.73 Å². The number of likely N-dealkylation sites (tertiary alicyclic amines) is 1. The van der Waals surface area contributed by atoms with Gasteiger partial charge < -0.3 is 10.6 Å². The molecule has 2 nitrogen and oxygen atoms in total. The molecule has 2 rings (SSSR count). The van der Waals surface area contributed by atoms with Crippen LogP contribution in [-0.2, 0) is 0 Å². The molecule has 2 fully saturated rings. The summed E-state index contributed by atoms with van der Waals surface area (Å²) < 4.78 is 0. The Bertz CT molecular complexity index is 217. The van der Waals surface area contributed by atoms with Crippen molar-refractivity contribution in [2.75, 3.05) is 26.2 Å². The van der Waals surface area contributed by atoms with Gasteiger partial charge in [-0.05, 0) is 56.5 Å². The van der Waals surface area contributed by atoms with Gasteiger partial charge in [-0.2, -0.15) is 0 Å². The molecule has 3 unspecified atom stereocenters. The van der Waals surface area contributed by atoms with E-state index in [1.54, 1.807) is 0 Å². The quantitative estimate of drug-likeness (QED) is 0.798. The van der Waals surface area contributed by atoms with E-state index in [-0.39, 0.29) is 0 Å². The number of rotatable bonds is 5. The third-order valence-corrected chi connectivity index (χ3v) is 4.85. The third-order valence-electron chi connectivity index (χ3n) is 4.85. The van der Waals surface area contributed by atoms with Gasteiger partial charge in [-0.25, -0.2) is 0 Å². The molecule has 1 saturated heterocycles. The Kier molecular flexibility index (Phi) is 5.30. The van der Waals surface area contributed by atoms with Gasteiger partial charge in [0, 0.05) is 13.1 Å². The molecule has 3 atom stereocenters. The summed E-state index contributed by atoms with van der Waals surface area (Å²) in [6.45, 7) is 7.30. The number of nitrogens with two attached hydrogens (primary N) is 1. The van der Waals surface area contributed by atoms with Gasteiger partial charge in [0.15, 0.2) is 0 Å². The molecule has 0 spiro atoms. The molecule has 1 aliphatic heterocycles. The zero-order valence-corrected chi connectivity index (χ0v) is 11.5. The predicted molar refractivity (Wildman–Crippen MR) is 74.0 cm³/mol. The summed E-state index contributed by atoms with van der Waals surface area (Å²) in [5, 5.41) is 0. The van der Waals surface area contributed by atoms with E-state index in [0.29, 0.717) is 0 Å². The first kappa shape index (κ1) is 13.4. The molecule has 1 saturated carbocycles. The number of fused-ring (bicyclic) bond motifs is 1. The number of hydrogen-bond acceptors (Lipinski definition) is 2. The molecule has 0 aromatic carbocycles. The topological polar surface area (TPSA) is 29.3 Å². The van der Waals surface area contributed by atoms with Crippen LogP contribution in [0.25, 0.3) is 0 Å². The van der Waals surface area contributed by atoms with Gasteiger partial charge in [0.1, 0.15) is 0 Å². The molecule has 2 heteroatoms. The lowest BCUT2D eigenvalue weighted by atomic mass is 9.75. The lowest BCUT2D eigenvalue weighted by molar-refractivity contribution is 0.0763. The van der Waals surface area contributed by atoms with Crippen LogP contribution in [0, 0.1) is 17.8 Å². The van der Waals surface area contributed by atoms with Crippen LogP contribution in [0.3, 0.4) is 0 Å². The number of piperidine rings is 1. The van der Waals surface area contributed by atoms with Crippen molar-refractivity contribution < 1.29 is 0 Å². The first-order chi connectivity index (χ1) is 8.29. The van der Waals surface area contributed by atoms with Crippen LogP contribution in [0.1, 0.15) is 51.9 Å². The molecule has 0 radical (unpaired) electrons. The SMILES string of the molecule is CC(CCCN)CN1CCC2CCCCC2C1. The van der Waals surface area contributed by atoms with Crippen LogP contribution in [0.15, 0.2) is 0 Å². The first-order valence-electron chi connectivity index (χ1n) is 7.72. The molecule has 1 heterocycles. The Morgan fingerprint density at radius 2 is 1.94 bits per heavy atom. The molecule has 1 aliphatic carbocycles. The highest BCUT2D eigenvalue weighted by atomic mass is 15.1. The minimum absolute atomic E-state index is 0.832. The van der Waals surface area contributed by atoms with Crippen molar-refractivity contribution in [2.45, 2.75) is 51.9 Å². The van der Waals surface area contributed by atoms with Gasteiger partial charge in [-0.3, -0.25) is 0 Å². The smallest absolute Gasteiger partial charge is 0.00124 e. The molecule has 17 heavy (non-hydrogen) atoms. The van der Waals surface area contributed by atoms with Crippen molar-refractivity contribution in [2.24, 2.45) is 23.5 Å². The van der Waals surface area contributed by atoms with Crippen LogP contribution >= 0.6 is 0 Å². The fourth-order valence-electron chi connectivity index (χ4n) is 3.84. The Balaban J connectivity index is 1.71. The van der Waals surface area contributed by atoms with Gasteiger partial charge in [-0.1, -0.05) is 26.2 Å².